The average molecular weight is 348 g/mol. The fraction of sp³-hybridized carbons (Fsp3) is 0.533. The van der Waals surface area contributed by atoms with Gasteiger partial charge < -0.3 is 15.0 Å². The van der Waals surface area contributed by atoms with Crippen LogP contribution in [0.5, 0.6) is 5.75 Å². The molecular weight excluding hydrogens is 325 g/mol. The van der Waals surface area contributed by atoms with Crippen LogP contribution >= 0.6 is 24.0 Å². The van der Waals surface area contributed by atoms with Crippen molar-refractivity contribution in [3.63, 3.8) is 0 Å². The van der Waals surface area contributed by atoms with Crippen LogP contribution in [0.25, 0.3) is 0 Å². The average Bonchev–Trinajstić information content (AvgIpc) is 2.48. The van der Waals surface area contributed by atoms with Crippen LogP contribution in [0.1, 0.15) is 5.56 Å². The smallest absolute Gasteiger partial charge is 0.236 e. The molecule has 0 atom stereocenters. The number of carbonyl (C=O) groups is 1. The number of hydrogen-bond acceptors (Lipinski definition) is 4. The Morgan fingerprint density at radius 1 is 1.41 bits per heavy atom. The SMILES string of the molecule is COc1ccc(CN(C)CC(=O)N2CCNCC2)cc1Cl.Cl. The summed E-state index contributed by atoms with van der Waals surface area (Å²) in [4.78, 5) is 16.1. The van der Waals surface area contributed by atoms with E-state index in [1.807, 2.05) is 35.0 Å². The molecule has 2 rings (SSSR count). The minimum Gasteiger partial charge on any atom is -0.495 e. The highest BCUT2D eigenvalue weighted by Gasteiger charge is 2.17. The molecule has 0 radical (unpaired) electrons. The van der Waals surface area contributed by atoms with Gasteiger partial charge in [-0.15, -0.1) is 12.4 Å². The number of nitrogens with one attached hydrogen (secondary N) is 1. The third-order valence-electron chi connectivity index (χ3n) is 3.54. The number of methoxy groups -OCH3 is 1. The van der Waals surface area contributed by atoms with Crippen LogP contribution < -0.4 is 10.1 Å². The molecule has 0 unspecified atom stereocenters. The van der Waals surface area contributed by atoms with Crippen molar-refractivity contribution in [1.82, 2.24) is 15.1 Å². The van der Waals surface area contributed by atoms with Crippen LogP contribution in [-0.2, 0) is 11.3 Å². The van der Waals surface area contributed by atoms with Crippen LogP contribution in [0.3, 0.4) is 0 Å². The molecular formula is C15H23Cl2N3O2. The van der Waals surface area contributed by atoms with Crippen LogP contribution in [0.2, 0.25) is 5.02 Å². The predicted octanol–water partition coefficient (Wildman–Crippen LogP) is 1.63. The Morgan fingerprint density at radius 3 is 2.68 bits per heavy atom. The zero-order chi connectivity index (χ0) is 15.2. The minimum absolute atomic E-state index is 0. The molecule has 1 aliphatic rings. The van der Waals surface area contributed by atoms with E-state index in [1.54, 1.807) is 7.11 Å². The van der Waals surface area contributed by atoms with E-state index in [0.29, 0.717) is 23.9 Å². The molecule has 1 amide bonds. The van der Waals surface area contributed by atoms with Crippen molar-refractivity contribution in [3.05, 3.63) is 28.8 Å². The number of ether oxygens (including phenoxy) is 1. The quantitative estimate of drug-likeness (QED) is 0.879. The predicted molar refractivity (Wildman–Crippen MR) is 91.0 cm³/mol. The molecule has 5 nitrogen and oxygen atoms in total. The van der Waals surface area contributed by atoms with Gasteiger partial charge in [0, 0.05) is 32.7 Å². The van der Waals surface area contributed by atoms with Gasteiger partial charge in [0.25, 0.3) is 0 Å². The molecule has 7 heteroatoms. The van der Waals surface area contributed by atoms with Crippen molar-refractivity contribution >= 4 is 29.9 Å². The number of carbonyl (C=O) groups excluding carboxylic acids is 1. The Kier molecular flexibility index (Phi) is 7.96. The fourth-order valence-electron chi connectivity index (χ4n) is 2.42. The van der Waals surface area contributed by atoms with Gasteiger partial charge in [0.05, 0.1) is 18.7 Å². The number of benzene rings is 1. The first-order valence-electron chi connectivity index (χ1n) is 7.09. The molecule has 22 heavy (non-hydrogen) atoms. The summed E-state index contributed by atoms with van der Waals surface area (Å²) in [7, 11) is 3.54. The van der Waals surface area contributed by atoms with Crippen LogP contribution in [0.15, 0.2) is 18.2 Å². The third kappa shape index (κ3) is 5.32. The zero-order valence-corrected chi connectivity index (χ0v) is 14.5. The first kappa shape index (κ1) is 19.0. The molecule has 1 saturated heterocycles. The van der Waals surface area contributed by atoms with E-state index in [2.05, 4.69) is 5.32 Å². The lowest BCUT2D eigenvalue weighted by atomic mass is 10.2. The van der Waals surface area contributed by atoms with E-state index < -0.39 is 0 Å². The van der Waals surface area contributed by atoms with Crippen molar-refractivity contribution < 1.29 is 9.53 Å². The molecule has 1 aromatic carbocycles. The molecule has 0 bridgehead atoms. The topological polar surface area (TPSA) is 44.8 Å². The monoisotopic (exact) mass is 347 g/mol. The van der Waals surface area contributed by atoms with Crippen molar-refractivity contribution in [3.8, 4) is 5.75 Å². The highest BCUT2D eigenvalue weighted by molar-refractivity contribution is 6.32. The van der Waals surface area contributed by atoms with Crippen LogP contribution in [-0.4, -0.2) is 62.6 Å². The summed E-state index contributed by atoms with van der Waals surface area (Å²) in [5, 5.41) is 3.84. The summed E-state index contributed by atoms with van der Waals surface area (Å²) in [5.41, 5.74) is 1.07. The third-order valence-corrected chi connectivity index (χ3v) is 3.84. The van der Waals surface area contributed by atoms with Crippen molar-refractivity contribution in [1.29, 1.82) is 0 Å². The number of likely N-dealkylation sites (N-methyl/N-ethyl adjacent to an activating group) is 1. The number of nitrogens with zero attached hydrogens (tertiary/aromatic N) is 2. The van der Waals surface area contributed by atoms with Gasteiger partial charge in [-0.3, -0.25) is 9.69 Å². The number of piperazine rings is 1. The molecule has 1 aromatic rings. The highest BCUT2D eigenvalue weighted by atomic mass is 35.5. The van der Waals surface area contributed by atoms with E-state index in [-0.39, 0.29) is 18.3 Å². The summed E-state index contributed by atoms with van der Waals surface area (Å²) in [6, 6.07) is 5.70. The summed E-state index contributed by atoms with van der Waals surface area (Å²) in [6.07, 6.45) is 0. The lowest BCUT2D eigenvalue weighted by molar-refractivity contribution is -0.132. The molecule has 0 spiro atoms. The maximum absolute atomic E-state index is 12.2. The largest absolute Gasteiger partial charge is 0.495 e. The van der Waals surface area contributed by atoms with Crippen molar-refractivity contribution in [2.45, 2.75) is 6.54 Å². The standard InChI is InChI=1S/C15H22ClN3O2.ClH/c1-18(11-15(20)19-7-5-17-6-8-19)10-12-3-4-14(21-2)13(16)9-12;/h3-4,9,17H,5-8,10-11H2,1-2H3;1H. The molecule has 0 aromatic heterocycles. The van der Waals surface area contributed by atoms with E-state index in [1.165, 1.54) is 0 Å². The van der Waals surface area contributed by atoms with E-state index >= 15 is 0 Å². The van der Waals surface area contributed by atoms with Gasteiger partial charge in [-0.1, -0.05) is 17.7 Å². The maximum atomic E-state index is 12.2. The second-order valence-corrected chi connectivity index (χ2v) is 5.68. The normalized spacial score (nSPS) is 14.6. The Bertz CT molecular complexity index is 494. The number of rotatable bonds is 5. The summed E-state index contributed by atoms with van der Waals surface area (Å²) >= 11 is 6.11. The highest BCUT2D eigenvalue weighted by Crippen LogP contribution is 2.25. The van der Waals surface area contributed by atoms with Crippen molar-refractivity contribution in [2.24, 2.45) is 0 Å². The molecule has 124 valence electrons. The number of amides is 1. The Balaban J connectivity index is 0.00000242. The van der Waals surface area contributed by atoms with E-state index in [9.17, 15) is 4.79 Å². The van der Waals surface area contributed by atoms with Crippen molar-refractivity contribution in [2.75, 3.05) is 46.9 Å². The summed E-state index contributed by atoms with van der Waals surface area (Å²) in [5.74, 6) is 0.846. The summed E-state index contributed by atoms with van der Waals surface area (Å²) in [6.45, 7) is 4.44. The number of halogens is 2. The van der Waals surface area contributed by atoms with Gasteiger partial charge in [-0.25, -0.2) is 0 Å². The second kappa shape index (κ2) is 9.20. The van der Waals surface area contributed by atoms with Gasteiger partial charge in [-0.05, 0) is 24.7 Å². The maximum Gasteiger partial charge on any atom is 0.236 e. The molecule has 0 aliphatic carbocycles. The molecule has 1 aliphatic heterocycles. The van der Waals surface area contributed by atoms with E-state index in [4.69, 9.17) is 16.3 Å². The van der Waals surface area contributed by atoms with E-state index in [0.717, 1.165) is 31.7 Å². The molecule has 1 heterocycles. The Hall–Kier alpha value is -1.01. The van der Waals surface area contributed by atoms with Gasteiger partial charge >= 0.3 is 0 Å². The first-order valence-corrected chi connectivity index (χ1v) is 7.47. The van der Waals surface area contributed by atoms with Crippen LogP contribution in [0, 0.1) is 0 Å². The molecule has 0 saturated carbocycles. The van der Waals surface area contributed by atoms with Gasteiger partial charge in [-0.2, -0.15) is 0 Å². The van der Waals surface area contributed by atoms with Gasteiger partial charge in [0.1, 0.15) is 5.75 Å². The summed E-state index contributed by atoms with van der Waals surface area (Å²) < 4.78 is 5.14. The lowest BCUT2D eigenvalue weighted by Gasteiger charge is -2.29. The van der Waals surface area contributed by atoms with Gasteiger partial charge in [0.15, 0.2) is 0 Å². The van der Waals surface area contributed by atoms with Crippen LogP contribution in [0.4, 0.5) is 0 Å². The Labute approximate surface area is 143 Å². The second-order valence-electron chi connectivity index (χ2n) is 5.27. The Morgan fingerprint density at radius 2 is 2.09 bits per heavy atom. The lowest BCUT2D eigenvalue weighted by Crippen LogP contribution is -2.49. The first-order chi connectivity index (χ1) is 10.1. The minimum atomic E-state index is 0. The fourth-order valence-corrected chi connectivity index (χ4v) is 2.70. The zero-order valence-electron chi connectivity index (χ0n) is 13.0. The number of hydrogen-bond donors (Lipinski definition) is 1. The molecule has 1 N–H and O–H groups in total. The molecule has 1 fully saturated rings. The van der Waals surface area contributed by atoms with Gasteiger partial charge in [0.2, 0.25) is 5.91 Å².